The lowest BCUT2D eigenvalue weighted by atomic mass is 9.93. The Morgan fingerprint density at radius 3 is 2.40 bits per heavy atom. The fourth-order valence-electron chi connectivity index (χ4n) is 1.12. The summed E-state index contributed by atoms with van der Waals surface area (Å²) in [5.74, 6) is 0.0205. The second kappa shape index (κ2) is 7.65. The first-order chi connectivity index (χ1) is 7.04. The molecule has 0 fully saturated rings. The number of unbranched alkanes of at least 4 members (excludes halogenated alkanes) is 3. The summed E-state index contributed by atoms with van der Waals surface area (Å²) in [5.41, 5.74) is 5.02. The Hall–Kier alpha value is -0.610. The molecule has 0 aromatic rings. The van der Waals surface area contributed by atoms with E-state index in [1.807, 2.05) is 13.8 Å². The Morgan fingerprint density at radius 2 is 1.87 bits per heavy atom. The summed E-state index contributed by atoms with van der Waals surface area (Å²) in [5, 5.41) is 11.4. The van der Waals surface area contributed by atoms with Crippen molar-refractivity contribution >= 4 is 5.91 Å². The van der Waals surface area contributed by atoms with Crippen LogP contribution in [0.3, 0.4) is 0 Å². The summed E-state index contributed by atoms with van der Waals surface area (Å²) in [6.45, 7) is 5.01. The summed E-state index contributed by atoms with van der Waals surface area (Å²) in [4.78, 5) is 11.6. The number of carbonyl (C=O) groups is 1. The van der Waals surface area contributed by atoms with Crippen LogP contribution in [0.5, 0.6) is 0 Å². The van der Waals surface area contributed by atoms with Gasteiger partial charge in [0.25, 0.3) is 0 Å². The topological polar surface area (TPSA) is 75.4 Å². The molecule has 0 unspecified atom stereocenters. The van der Waals surface area contributed by atoms with E-state index in [1.54, 1.807) is 0 Å². The highest BCUT2D eigenvalue weighted by atomic mass is 16.2. The number of aliphatic hydroxyl groups excluding tert-OH is 1. The smallest absolute Gasteiger partial charge is 0.226 e. The predicted molar refractivity (Wildman–Crippen MR) is 61.4 cm³/mol. The molecule has 0 spiro atoms. The second-order valence-electron chi connectivity index (χ2n) is 4.48. The standard InChI is InChI=1S/C11H24N2O2/c1-11(2,9-12)10(15)13-7-5-3-4-6-8-14/h14H,3-9,12H2,1-2H3,(H,13,15). The van der Waals surface area contributed by atoms with E-state index >= 15 is 0 Å². The van der Waals surface area contributed by atoms with Crippen LogP contribution in [0.2, 0.25) is 0 Å². The molecule has 0 saturated carbocycles. The van der Waals surface area contributed by atoms with Gasteiger partial charge in [0.1, 0.15) is 0 Å². The predicted octanol–water partition coefficient (Wildman–Crippen LogP) is 0.640. The first-order valence-corrected chi connectivity index (χ1v) is 5.64. The van der Waals surface area contributed by atoms with E-state index in [4.69, 9.17) is 10.8 Å². The van der Waals surface area contributed by atoms with Crippen LogP contribution in [0.1, 0.15) is 39.5 Å². The van der Waals surface area contributed by atoms with Crippen molar-refractivity contribution in [1.29, 1.82) is 0 Å². The van der Waals surface area contributed by atoms with E-state index in [-0.39, 0.29) is 12.5 Å². The van der Waals surface area contributed by atoms with Gasteiger partial charge in [-0.15, -0.1) is 0 Å². The summed E-state index contributed by atoms with van der Waals surface area (Å²) in [6.07, 6.45) is 3.88. The van der Waals surface area contributed by atoms with E-state index < -0.39 is 5.41 Å². The highest BCUT2D eigenvalue weighted by molar-refractivity contribution is 5.81. The number of aliphatic hydroxyl groups is 1. The van der Waals surface area contributed by atoms with Crippen LogP contribution in [0.4, 0.5) is 0 Å². The minimum Gasteiger partial charge on any atom is -0.396 e. The molecule has 0 atom stereocenters. The maximum atomic E-state index is 11.6. The van der Waals surface area contributed by atoms with Gasteiger partial charge >= 0.3 is 0 Å². The fourth-order valence-corrected chi connectivity index (χ4v) is 1.12. The van der Waals surface area contributed by atoms with Crippen LogP contribution in [-0.2, 0) is 4.79 Å². The van der Waals surface area contributed by atoms with E-state index in [9.17, 15) is 4.79 Å². The second-order valence-corrected chi connectivity index (χ2v) is 4.48. The van der Waals surface area contributed by atoms with E-state index in [0.717, 1.165) is 25.7 Å². The lowest BCUT2D eigenvalue weighted by molar-refractivity contribution is -0.128. The fraction of sp³-hybridized carbons (Fsp3) is 0.909. The monoisotopic (exact) mass is 216 g/mol. The maximum Gasteiger partial charge on any atom is 0.226 e. The van der Waals surface area contributed by atoms with Crippen LogP contribution in [0.15, 0.2) is 0 Å². The van der Waals surface area contributed by atoms with Crippen molar-refractivity contribution in [3.05, 3.63) is 0 Å². The third-order valence-electron chi connectivity index (χ3n) is 2.50. The largest absolute Gasteiger partial charge is 0.396 e. The summed E-state index contributed by atoms with van der Waals surface area (Å²) in [7, 11) is 0. The Bertz CT molecular complexity index is 181. The number of hydrogen-bond donors (Lipinski definition) is 3. The van der Waals surface area contributed by atoms with Gasteiger partial charge in [-0.3, -0.25) is 4.79 Å². The molecule has 0 heterocycles. The number of hydrogen-bond acceptors (Lipinski definition) is 3. The van der Waals surface area contributed by atoms with Crippen molar-refractivity contribution in [3.8, 4) is 0 Å². The van der Waals surface area contributed by atoms with Crippen molar-refractivity contribution in [1.82, 2.24) is 5.32 Å². The number of nitrogens with two attached hydrogens (primary N) is 1. The van der Waals surface area contributed by atoms with E-state index in [1.165, 1.54) is 0 Å². The molecule has 90 valence electrons. The number of amides is 1. The van der Waals surface area contributed by atoms with Gasteiger partial charge in [0, 0.05) is 19.7 Å². The average molecular weight is 216 g/mol. The van der Waals surface area contributed by atoms with Gasteiger partial charge in [-0.25, -0.2) is 0 Å². The van der Waals surface area contributed by atoms with Crippen LogP contribution >= 0.6 is 0 Å². The number of nitrogens with one attached hydrogen (secondary N) is 1. The van der Waals surface area contributed by atoms with Crippen LogP contribution in [0, 0.1) is 5.41 Å². The van der Waals surface area contributed by atoms with Crippen molar-refractivity contribution < 1.29 is 9.90 Å². The van der Waals surface area contributed by atoms with Gasteiger partial charge in [-0.2, -0.15) is 0 Å². The zero-order valence-electron chi connectivity index (χ0n) is 9.88. The molecule has 0 bridgehead atoms. The molecule has 4 nitrogen and oxygen atoms in total. The lowest BCUT2D eigenvalue weighted by Crippen LogP contribution is -2.42. The summed E-state index contributed by atoms with van der Waals surface area (Å²) < 4.78 is 0. The molecule has 0 aliphatic carbocycles. The minimum atomic E-state index is -0.467. The van der Waals surface area contributed by atoms with Crippen LogP contribution in [0.25, 0.3) is 0 Å². The normalized spacial score (nSPS) is 11.5. The van der Waals surface area contributed by atoms with Gasteiger partial charge in [0.15, 0.2) is 0 Å². The van der Waals surface area contributed by atoms with Gasteiger partial charge < -0.3 is 16.2 Å². The molecule has 0 rings (SSSR count). The molecular weight excluding hydrogens is 192 g/mol. The zero-order valence-corrected chi connectivity index (χ0v) is 9.88. The molecule has 0 radical (unpaired) electrons. The number of carbonyl (C=O) groups excluding carboxylic acids is 1. The minimum absolute atomic E-state index is 0.0205. The molecular formula is C11H24N2O2. The quantitative estimate of drug-likeness (QED) is 0.521. The van der Waals surface area contributed by atoms with Crippen LogP contribution in [-0.4, -0.2) is 30.7 Å². The van der Waals surface area contributed by atoms with Gasteiger partial charge in [-0.1, -0.05) is 12.8 Å². The number of rotatable bonds is 8. The van der Waals surface area contributed by atoms with Crippen molar-refractivity contribution in [2.45, 2.75) is 39.5 Å². The lowest BCUT2D eigenvalue weighted by Gasteiger charge is -2.21. The average Bonchev–Trinajstić information content (AvgIpc) is 2.22. The Labute approximate surface area is 92.2 Å². The van der Waals surface area contributed by atoms with Crippen molar-refractivity contribution in [2.75, 3.05) is 19.7 Å². The van der Waals surface area contributed by atoms with Gasteiger partial charge in [-0.05, 0) is 26.7 Å². The van der Waals surface area contributed by atoms with Crippen LogP contribution < -0.4 is 11.1 Å². The van der Waals surface area contributed by atoms with Crippen molar-refractivity contribution in [3.63, 3.8) is 0 Å². The molecule has 4 N–H and O–H groups in total. The highest BCUT2D eigenvalue weighted by Crippen LogP contribution is 2.12. The van der Waals surface area contributed by atoms with Gasteiger partial charge in [0.2, 0.25) is 5.91 Å². The third kappa shape index (κ3) is 6.47. The van der Waals surface area contributed by atoms with Gasteiger partial charge in [0.05, 0.1) is 5.41 Å². The maximum absolute atomic E-state index is 11.6. The molecule has 0 aliphatic rings. The summed E-state index contributed by atoms with van der Waals surface area (Å²) >= 11 is 0. The first-order valence-electron chi connectivity index (χ1n) is 5.64. The molecule has 0 aliphatic heterocycles. The van der Waals surface area contributed by atoms with E-state index in [2.05, 4.69) is 5.32 Å². The third-order valence-corrected chi connectivity index (χ3v) is 2.50. The van der Waals surface area contributed by atoms with Crippen molar-refractivity contribution in [2.24, 2.45) is 11.1 Å². The Morgan fingerprint density at radius 1 is 1.27 bits per heavy atom. The SMILES string of the molecule is CC(C)(CN)C(=O)NCCCCCCO. The molecule has 0 saturated heterocycles. The molecule has 4 heteroatoms. The first kappa shape index (κ1) is 14.4. The Balaban J connectivity index is 3.47. The summed E-state index contributed by atoms with van der Waals surface area (Å²) in [6, 6.07) is 0. The zero-order chi connectivity index (χ0) is 11.7. The molecule has 0 aromatic heterocycles. The highest BCUT2D eigenvalue weighted by Gasteiger charge is 2.24. The van der Waals surface area contributed by atoms with E-state index in [0.29, 0.717) is 13.1 Å². The molecule has 15 heavy (non-hydrogen) atoms. The molecule has 1 amide bonds. The molecule has 0 aromatic carbocycles. The Kier molecular flexibility index (Phi) is 7.34.